The van der Waals surface area contributed by atoms with Crippen LogP contribution in [-0.4, -0.2) is 38.0 Å². The molecule has 6 heteroatoms. The zero-order chi connectivity index (χ0) is 16.1. The van der Waals surface area contributed by atoms with Crippen LogP contribution in [0.25, 0.3) is 0 Å². The Morgan fingerprint density at radius 3 is 2.59 bits per heavy atom. The van der Waals surface area contributed by atoms with Crippen LogP contribution in [0, 0.1) is 5.92 Å². The van der Waals surface area contributed by atoms with E-state index < -0.39 is 11.9 Å². The SMILES string of the molecule is CCc1ccc(N2C[C@H](C(=O)NCC(=O)OC)CC2=O)cc1. The molecule has 22 heavy (non-hydrogen) atoms. The van der Waals surface area contributed by atoms with E-state index in [1.165, 1.54) is 12.7 Å². The lowest BCUT2D eigenvalue weighted by Gasteiger charge is -2.17. The minimum atomic E-state index is -0.510. The lowest BCUT2D eigenvalue weighted by molar-refractivity contribution is -0.141. The molecule has 1 atom stereocenters. The highest BCUT2D eigenvalue weighted by Gasteiger charge is 2.35. The van der Waals surface area contributed by atoms with Gasteiger partial charge in [0, 0.05) is 18.7 Å². The highest BCUT2D eigenvalue weighted by molar-refractivity contribution is 6.00. The highest BCUT2D eigenvalue weighted by atomic mass is 16.5. The summed E-state index contributed by atoms with van der Waals surface area (Å²) in [5.41, 5.74) is 1.99. The predicted octanol–water partition coefficient (Wildman–Crippen LogP) is 0.891. The molecule has 0 bridgehead atoms. The van der Waals surface area contributed by atoms with E-state index in [-0.39, 0.29) is 24.8 Å². The summed E-state index contributed by atoms with van der Waals surface area (Å²) >= 11 is 0. The lowest BCUT2D eigenvalue weighted by atomic mass is 10.1. The van der Waals surface area contributed by atoms with Gasteiger partial charge in [0.2, 0.25) is 11.8 Å². The smallest absolute Gasteiger partial charge is 0.325 e. The Labute approximate surface area is 129 Å². The number of hydrogen-bond acceptors (Lipinski definition) is 4. The first-order valence-corrected chi connectivity index (χ1v) is 7.29. The summed E-state index contributed by atoms with van der Waals surface area (Å²) in [6.07, 6.45) is 1.09. The molecule has 0 spiro atoms. The van der Waals surface area contributed by atoms with E-state index in [1.807, 2.05) is 24.3 Å². The summed E-state index contributed by atoms with van der Waals surface area (Å²) in [5, 5.41) is 2.49. The van der Waals surface area contributed by atoms with Gasteiger partial charge in [-0.15, -0.1) is 0 Å². The summed E-state index contributed by atoms with van der Waals surface area (Å²) in [5.74, 6) is -1.33. The number of carbonyl (C=O) groups excluding carboxylic acids is 3. The minimum absolute atomic E-state index is 0.0810. The number of aryl methyl sites for hydroxylation is 1. The second-order valence-electron chi connectivity index (χ2n) is 5.22. The normalized spacial score (nSPS) is 17.5. The van der Waals surface area contributed by atoms with Crippen molar-refractivity contribution in [1.29, 1.82) is 0 Å². The van der Waals surface area contributed by atoms with Gasteiger partial charge in [0.1, 0.15) is 6.54 Å². The van der Waals surface area contributed by atoms with Crippen molar-refractivity contribution < 1.29 is 19.1 Å². The second-order valence-corrected chi connectivity index (χ2v) is 5.22. The Balaban J connectivity index is 1.97. The molecule has 2 rings (SSSR count). The number of anilines is 1. The van der Waals surface area contributed by atoms with Gasteiger partial charge in [0.25, 0.3) is 0 Å². The van der Waals surface area contributed by atoms with Crippen molar-refractivity contribution in [3.8, 4) is 0 Å². The molecule has 118 valence electrons. The third kappa shape index (κ3) is 3.63. The van der Waals surface area contributed by atoms with Crippen LogP contribution in [0.4, 0.5) is 5.69 Å². The summed E-state index contributed by atoms with van der Waals surface area (Å²) in [6.45, 7) is 2.22. The fourth-order valence-corrected chi connectivity index (χ4v) is 2.42. The largest absolute Gasteiger partial charge is 0.468 e. The van der Waals surface area contributed by atoms with Crippen molar-refractivity contribution in [3.63, 3.8) is 0 Å². The molecule has 0 unspecified atom stereocenters. The monoisotopic (exact) mass is 304 g/mol. The molecule has 1 N–H and O–H groups in total. The molecule has 1 aliphatic heterocycles. The lowest BCUT2D eigenvalue weighted by Crippen LogP contribution is -2.36. The fourth-order valence-electron chi connectivity index (χ4n) is 2.42. The number of ether oxygens (including phenoxy) is 1. The van der Waals surface area contributed by atoms with Crippen LogP contribution in [0.1, 0.15) is 18.9 Å². The van der Waals surface area contributed by atoms with Gasteiger partial charge in [-0.25, -0.2) is 0 Å². The minimum Gasteiger partial charge on any atom is -0.468 e. The van der Waals surface area contributed by atoms with Gasteiger partial charge in [0.15, 0.2) is 0 Å². The Hall–Kier alpha value is -2.37. The number of rotatable bonds is 5. The van der Waals surface area contributed by atoms with Crippen molar-refractivity contribution >= 4 is 23.5 Å². The third-order valence-electron chi connectivity index (χ3n) is 3.79. The van der Waals surface area contributed by atoms with Crippen molar-refractivity contribution in [2.45, 2.75) is 19.8 Å². The molecule has 1 aromatic rings. The standard InChI is InChI=1S/C16H20N2O4/c1-3-11-4-6-13(7-5-11)18-10-12(8-14(18)19)16(21)17-9-15(20)22-2/h4-7,12H,3,8-10H2,1-2H3,(H,17,21)/t12-/m1/s1. The first kappa shape index (κ1) is 16.0. The van der Waals surface area contributed by atoms with Crippen molar-refractivity contribution in [3.05, 3.63) is 29.8 Å². The van der Waals surface area contributed by atoms with Crippen LogP contribution in [0.3, 0.4) is 0 Å². The summed E-state index contributed by atoms with van der Waals surface area (Å²) < 4.78 is 4.47. The fraction of sp³-hybridized carbons (Fsp3) is 0.438. The molecule has 1 fully saturated rings. The van der Waals surface area contributed by atoms with Crippen molar-refractivity contribution in [1.82, 2.24) is 5.32 Å². The number of esters is 1. The van der Waals surface area contributed by atoms with Crippen LogP contribution in [-0.2, 0) is 25.5 Å². The second kappa shape index (κ2) is 7.06. The van der Waals surface area contributed by atoms with E-state index in [9.17, 15) is 14.4 Å². The predicted molar refractivity (Wildman–Crippen MR) is 81.3 cm³/mol. The summed E-state index contributed by atoms with van der Waals surface area (Å²) in [4.78, 5) is 36.7. The van der Waals surface area contributed by atoms with Crippen LogP contribution < -0.4 is 10.2 Å². The number of amides is 2. The van der Waals surface area contributed by atoms with E-state index >= 15 is 0 Å². The molecule has 0 radical (unpaired) electrons. The number of carbonyl (C=O) groups is 3. The van der Waals surface area contributed by atoms with Gasteiger partial charge < -0.3 is 15.0 Å². The maximum atomic E-state index is 12.1. The first-order valence-electron chi connectivity index (χ1n) is 7.29. The van der Waals surface area contributed by atoms with Gasteiger partial charge in [-0.2, -0.15) is 0 Å². The maximum absolute atomic E-state index is 12.1. The van der Waals surface area contributed by atoms with Crippen LogP contribution in [0.5, 0.6) is 0 Å². The van der Waals surface area contributed by atoms with Crippen LogP contribution in [0.15, 0.2) is 24.3 Å². The Kier molecular flexibility index (Phi) is 5.14. The number of methoxy groups -OCH3 is 1. The Morgan fingerprint density at radius 1 is 1.32 bits per heavy atom. The molecule has 1 saturated heterocycles. The molecule has 6 nitrogen and oxygen atoms in total. The van der Waals surface area contributed by atoms with E-state index in [4.69, 9.17) is 0 Å². The average Bonchev–Trinajstić information content (AvgIpc) is 2.94. The molecule has 0 aromatic heterocycles. The average molecular weight is 304 g/mol. The van der Waals surface area contributed by atoms with Gasteiger partial charge in [-0.05, 0) is 24.1 Å². The summed E-state index contributed by atoms with van der Waals surface area (Å²) in [6, 6.07) is 7.75. The quantitative estimate of drug-likeness (QED) is 0.820. The van der Waals surface area contributed by atoms with E-state index in [1.54, 1.807) is 4.90 Å². The molecule has 2 amide bonds. The maximum Gasteiger partial charge on any atom is 0.325 e. The van der Waals surface area contributed by atoms with E-state index in [2.05, 4.69) is 17.0 Å². The number of benzene rings is 1. The van der Waals surface area contributed by atoms with E-state index in [0.29, 0.717) is 6.54 Å². The Bertz CT molecular complexity index is 568. The van der Waals surface area contributed by atoms with Gasteiger partial charge >= 0.3 is 5.97 Å². The molecule has 1 aliphatic rings. The van der Waals surface area contributed by atoms with Gasteiger partial charge in [-0.3, -0.25) is 14.4 Å². The molecule has 0 aliphatic carbocycles. The van der Waals surface area contributed by atoms with Gasteiger partial charge in [0.05, 0.1) is 13.0 Å². The van der Waals surface area contributed by atoms with Crippen LogP contribution >= 0.6 is 0 Å². The van der Waals surface area contributed by atoms with Crippen molar-refractivity contribution in [2.24, 2.45) is 5.92 Å². The number of nitrogens with one attached hydrogen (secondary N) is 1. The molecular weight excluding hydrogens is 284 g/mol. The zero-order valence-corrected chi connectivity index (χ0v) is 12.8. The molecule has 1 heterocycles. The molecular formula is C16H20N2O4. The van der Waals surface area contributed by atoms with Gasteiger partial charge in [-0.1, -0.05) is 19.1 Å². The zero-order valence-electron chi connectivity index (χ0n) is 12.8. The first-order chi connectivity index (χ1) is 10.5. The number of nitrogens with zero attached hydrogens (tertiary/aromatic N) is 1. The van der Waals surface area contributed by atoms with Crippen molar-refractivity contribution in [2.75, 3.05) is 25.1 Å². The molecule has 1 aromatic carbocycles. The summed E-state index contributed by atoms with van der Waals surface area (Å²) in [7, 11) is 1.26. The topological polar surface area (TPSA) is 75.7 Å². The Morgan fingerprint density at radius 2 is 2.00 bits per heavy atom. The number of hydrogen-bond donors (Lipinski definition) is 1. The molecule has 0 saturated carbocycles. The van der Waals surface area contributed by atoms with E-state index in [0.717, 1.165) is 12.1 Å². The highest BCUT2D eigenvalue weighted by Crippen LogP contribution is 2.25. The van der Waals surface area contributed by atoms with Crippen LogP contribution in [0.2, 0.25) is 0 Å². The third-order valence-corrected chi connectivity index (χ3v) is 3.79.